The molecule has 0 unspecified atom stereocenters. The summed E-state index contributed by atoms with van der Waals surface area (Å²) in [6.07, 6.45) is 0. The second-order valence-corrected chi connectivity index (χ2v) is 14.2. The van der Waals surface area contributed by atoms with Crippen LogP contribution in [0.5, 0.6) is 0 Å². The third-order valence-electron chi connectivity index (χ3n) is 8.12. The minimum absolute atomic E-state index is 0.0751. The number of ether oxygens (including phenoxy) is 3. The summed E-state index contributed by atoms with van der Waals surface area (Å²) in [4.78, 5) is 76.9. The molecule has 0 saturated carbocycles. The molecule has 0 aliphatic carbocycles. The van der Waals surface area contributed by atoms with E-state index in [1.165, 1.54) is 90.1 Å². The van der Waals surface area contributed by atoms with E-state index in [2.05, 4.69) is 0 Å². The number of hydrogen-bond donors (Lipinski definition) is 3. The van der Waals surface area contributed by atoms with Crippen molar-refractivity contribution in [3.63, 3.8) is 0 Å². The molecule has 4 aromatic rings. The first-order valence-electron chi connectivity index (χ1n) is 16.9. The first-order chi connectivity index (χ1) is 25.1. The van der Waals surface area contributed by atoms with Crippen LogP contribution < -0.4 is 0 Å². The fraction of sp³-hybridized carbons (Fsp3) is 0.286. The SMILES string of the molecule is CC(C)(O)C(=O)c1ccc(COC(=O)c2ccc(C(=O)OCc3ccc(C(=O)C(C)(C)O)cc3)c(C(=O)OCc3ccc(C(=O)C(C)(C)O)cc3)c2)cc1. The third-order valence-corrected chi connectivity index (χ3v) is 8.12. The van der Waals surface area contributed by atoms with Crippen LogP contribution in [0.15, 0.2) is 91.0 Å². The quantitative estimate of drug-likeness (QED) is 0.0777. The Kier molecular flexibility index (Phi) is 12.5. The number of rotatable bonds is 15. The van der Waals surface area contributed by atoms with Crippen LogP contribution >= 0.6 is 0 Å². The second kappa shape index (κ2) is 16.5. The fourth-order valence-electron chi connectivity index (χ4n) is 5.02. The molecular weight excluding hydrogens is 696 g/mol. The van der Waals surface area contributed by atoms with Gasteiger partial charge in [0.25, 0.3) is 0 Å². The summed E-state index contributed by atoms with van der Waals surface area (Å²) in [6, 6.07) is 21.9. The molecule has 0 aliphatic heterocycles. The van der Waals surface area contributed by atoms with Crippen LogP contribution in [0.4, 0.5) is 0 Å². The molecule has 0 bridgehead atoms. The van der Waals surface area contributed by atoms with Crippen molar-refractivity contribution in [2.75, 3.05) is 0 Å². The summed E-state index contributed by atoms with van der Waals surface area (Å²) < 4.78 is 16.4. The van der Waals surface area contributed by atoms with Gasteiger partial charge in [0, 0.05) is 16.7 Å². The maximum Gasteiger partial charge on any atom is 0.339 e. The number of carbonyl (C=O) groups is 6. The minimum atomic E-state index is -1.58. The Balaban J connectivity index is 1.52. The van der Waals surface area contributed by atoms with E-state index in [-0.39, 0.29) is 53.2 Å². The smallest absolute Gasteiger partial charge is 0.339 e. The van der Waals surface area contributed by atoms with Gasteiger partial charge in [0.2, 0.25) is 0 Å². The van der Waals surface area contributed by atoms with E-state index in [0.717, 1.165) is 6.07 Å². The summed E-state index contributed by atoms with van der Waals surface area (Å²) in [7, 11) is 0. The van der Waals surface area contributed by atoms with Gasteiger partial charge in [0.15, 0.2) is 17.3 Å². The molecule has 0 heterocycles. The van der Waals surface area contributed by atoms with E-state index in [1.807, 2.05) is 0 Å². The van der Waals surface area contributed by atoms with Crippen molar-refractivity contribution < 1.29 is 58.3 Å². The summed E-state index contributed by atoms with van der Waals surface area (Å²) in [6.45, 7) is 7.57. The Morgan fingerprint density at radius 1 is 0.407 bits per heavy atom. The molecule has 282 valence electrons. The van der Waals surface area contributed by atoms with Gasteiger partial charge in [-0.05, 0) is 76.4 Å². The normalized spacial score (nSPS) is 11.7. The van der Waals surface area contributed by atoms with Crippen LogP contribution in [0.25, 0.3) is 0 Å². The van der Waals surface area contributed by atoms with E-state index in [1.54, 1.807) is 36.4 Å². The number of carbonyl (C=O) groups excluding carboxylic acids is 6. The molecule has 0 aromatic heterocycles. The lowest BCUT2D eigenvalue weighted by atomic mass is 9.96. The molecule has 0 fully saturated rings. The molecule has 0 atom stereocenters. The van der Waals surface area contributed by atoms with Gasteiger partial charge in [-0.3, -0.25) is 14.4 Å². The molecule has 4 rings (SSSR count). The molecular formula is C42H42O12. The van der Waals surface area contributed by atoms with Gasteiger partial charge in [-0.2, -0.15) is 0 Å². The van der Waals surface area contributed by atoms with Crippen molar-refractivity contribution in [2.45, 2.75) is 78.2 Å². The monoisotopic (exact) mass is 738 g/mol. The van der Waals surface area contributed by atoms with Gasteiger partial charge in [-0.25, -0.2) is 14.4 Å². The number of benzene rings is 4. The average Bonchev–Trinajstić information content (AvgIpc) is 3.13. The van der Waals surface area contributed by atoms with Gasteiger partial charge in [-0.15, -0.1) is 0 Å². The zero-order valence-electron chi connectivity index (χ0n) is 30.8. The molecule has 4 aromatic carbocycles. The lowest BCUT2D eigenvalue weighted by Gasteiger charge is -2.16. The van der Waals surface area contributed by atoms with E-state index in [0.29, 0.717) is 16.7 Å². The Morgan fingerprint density at radius 2 is 0.685 bits per heavy atom. The van der Waals surface area contributed by atoms with Crippen molar-refractivity contribution in [3.8, 4) is 0 Å². The van der Waals surface area contributed by atoms with Crippen LogP contribution in [-0.4, -0.2) is 67.4 Å². The van der Waals surface area contributed by atoms with E-state index in [4.69, 9.17) is 14.2 Å². The van der Waals surface area contributed by atoms with Crippen LogP contribution in [0.3, 0.4) is 0 Å². The van der Waals surface area contributed by atoms with Crippen LogP contribution in [0, 0.1) is 0 Å². The summed E-state index contributed by atoms with van der Waals surface area (Å²) in [5.74, 6) is -4.15. The van der Waals surface area contributed by atoms with Crippen molar-refractivity contribution in [1.82, 2.24) is 0 Å². The largest absolute Gasteiger partial charge is 0.457 e. The van der Waals surface area contributed by atoms with Gasteiger partial charge < -0.3 is 29.5 Å². The van der Waals surface area contributed by atoms with Gasteiger partial charge in [-0.1, -0.05) is 72.8 Å². The van der Waals surface area contributed by atoms with Crippen molar-refractivity contribution in [3.05, 3.63) is 141 Å². The number of Topliss-reactive ketones (excluding diaryl/α,β-unsaturated/α-hetero) is 3. The van der Waals surface area contributed by atoms with Gasteiger partial charge in [0.1, 0.15) is 36.6 Å². The summed E-state index contributed by atoms with van der Waals surface area (Å²) >= 11 is 0. The fourth-order valence-corrected chi connectivity index (χ4v) is 5.02. The summed E-state index contributed by atoms with van der Waals surface area (Å²) in [5, 5.41) is 30.0. The van der Waals surface area contributed by atoms with Crippen LogP contribution in [0.1, 0.15) is 120 Å². The van der Waals surface area contributed by atoms with Crippen LogP contribution in [0.2, 0.25) is 0 Å². The molecule has 0 amide bonds. The minimum Gasteiger partial charge on any atom is -0.457 e. The standard InChI is InChI=1S/C42H42O12/c1-40(2,49)34(43)28-13-7-25(8-14-28)22-52-37(46)31-19-20-32(38(47)53-23-26-9-15-29(16-10-26)35(44)41(3,4)50)33(21-31)39(48)54-24-27-11-17-30(18-12-27)36(45)42(5,6)51/h7-21,49-51H,22-24H2,1-6H3. The van der Waals surface area contributed by atoms with E-state index in [9.17, 15) is 44.1 Å². The molecule has 12 heteroatoms. The molecule has 0 aliphatic rings. The highest BCUT2D eigenvalue weighted by Crippen LogP contribution is 2.21. The topological polar surface area (TPSA) is 191 Å². The van der Waals surface area contributed by atoms with E-state index < -0.39 is 52.1 Å². The Hall–Kier alpha value is -5.82. The molecule has 0 spiro atoms. The highest BCUT2D eigenvalue weighted by Gasteiger charge is 2.28. The van der Waals surface area contributed by atoms with Crippen molar-refractivity contribution in [2.24, 2.45) is 0 Å². The molecule has 0 radical (unpaired) electrons. The number of esters is 3. The average molecular weight is 739 g/mol. The van der Waals surface area contributed by atoms with Crippen molar-refractivity contribution >= 4 is 35.3 Å². The predicted octanol–water partition coefficient (Wildman–Crippen LogP) is 5.62. The lowest BCUT2D eigenvalue weighted by Crippen LogP contribution is -2.31. The third kappa shape index (κ3) is 10.6. The number of aliphatic hydroxyl groups is 3. The highest BCUT2D eigenvalue weighted by molar-refractivity contribution is 6.05. The first-order valence-corrected chi connectivity index (χ1v) is 16.9. The zero-order chi connectivity index (χ0) is 40.0. The Morgan fingerprint density at radius 3 is 1.00 bits per heavy atom. The Bertz CT molecular complexity index is 2040. The van der Waals surface area contributed by atoms with Gasteiger partial charge in [0.05, 0.1) is 16.7 Å². The highest BCUT2D eigenvalue weighted by atomic mass is 16.5. The molecule has 54 heavy (non-hydrogen) atoms. The second-order valence-electron chi connectivity index (χ2n) is 14.2. The molecule has 0 saturated heterocycles. The Labute approximate surface area is 312 Å². The maximum atomic E-state index is 13.5. The first kappa shape index (κ1) is 40.9. The van der Waals surface area contributed by atoms with Gasteiger partial charge >= 0.3 is 17.9 Å². The zero-order valence-corrected chi connectivity index (χ0v) is 30.8. The summed E-state index contributed by atoms with van der Waals surface area (Å²) in [5.41, 5.74) is -2.91. The van der Waals surface area contributed by atoms with E-state index >= 15 is 0 Å². The predicted molar refractivity (Wildman–Crippen MR) is 195 cm³/mol. The van der Waals surface area contributed by atoms with Crippen LogP contribution in [-0.2, 0) is 34.0 Å². The molecule has 3 N–H and O–H groups in total. The lowest BCUT2D eigenvalue weighted by molar-refractivity contribution is 0.0422. The molecule has 12 nitrogen and oxygen atoms in total. The maximum absolute atomic E-state index is 13.5. The number of hydrogen-bond acceptors (Lipinski definition) is 12. The van der Waals surface area contributed by atoms with Crippen molar-refractivity contribution in [1.29, 1.82) is 0 Å². The number of ketones is 3.